The van der Waals surface area contributed by atoms with E-state index in [9.17, 15) is 5.11 Å². The summed E-state index contributed by atoms with van der Waals surface area (Å²) in [6.07, 6.45) is 39.7. The van der Waals surface area contributed by atoms with Gasteiger partial charge in [-0.3, -0.25) is 0 Å². The molecule has 0 radical (unpaired) electrons. The molecule has 6 heteroatoms. The number of aryl methyl sites for hydroxylation is 3. The molecule has 3 aromatic carbocycles. The van der Waals surface area contributed by atoms with E-state index < -0.39 is 0 Å². The number of benzene rings is 3. The van der Waals surface area contributed by atoms with Gasteiger partial charge in [0, 0.05) is 16.7 Å². The molecule has 9 atom stereocenters. The third kappa shape index (κ3) is 23.3. The number of aromatic hydroxyl groups is 1. The van der Waals surface area contributed by atoms with E-state index in [4.69, 9.17) is 23.7 Å². The van der Waals surface area contributed by atoms with Crippen LogP contribution in [0.25, 0.3) is 0 Å². The van der Waals surface area contributed by atoms with Crippen LogP contribution in [0.1, 0.15) is 330 Å². The van der Waals surface area contributed by atoms with Crippen molar-refractivity contribution >= 4 is 0 Å². The molecule has 3 aromatic rings. The molecule has 0 aromatic heterocycles. The molecule has 87 heavy (non-hydrogen) atoms. The summed E-state index contributed by atoms with van der Waals surface area (Å²) in [5.41, 5.74) is 5.42. The van der Waals surface area contributed by atoms with Crippen molar-refractivity contribution in [3.05, 3.63) is 57.6 Å². The Balaban J connectivity index is 1.18. The molecule has 0 saturated heterocycles. The number of phenolic OH excluding ortho intramolecular Hbond substituents is 1. The average molecular weight is 1200 g/mol. The van der Waals surface area contributed by atoms with Crippen molar-refractivity contribution in [1.29, 1.82) is 0 Å². The lowest BCUT2D eigenvalue weighted by Gasteiger charge is -2.39. The predicted octanol–water partition coefficient (Wildman–Crippen LogP) is 25.5. The van der Waals surface area contributed by atoms with Gasteiger partial charge in [0.25, 0.3) is 0 Å². The minimum Gasteiger partial charge on any atom is -0.504 e. The summed E-state index contributed by atoms with van der Waals surface area (Å²) in [5.74, 6) is 12.5. The molecule has 494 valence electrons. The largest absolute Gasteiger partial charge is 0.504 e. The number of fused-ring (bicyclic) bond motifs is 3. The molecule has 0 amide bonds. The second-order valence-electron chi connectivity index (χ2n) is 32.3. The van der Waals surface area contributed by atoms with E-state index >= 15 is 0 Å². The summed E-state index contributed by atoms with van der Waals surface area (Å²) in [7, 11) is 0. The van der Waals surface area contributed by atoms with Crippen molar-refractivity contribution in [3.63, 3.8) is 0 Å². The topological polar surface area (TPSA) is 66.4 Å². The smallest absolute Gasteiger partial charge is 0.176 e. The first-order valence-corrected chi connectivity index (χ1v) is 36.8. The van der Waals surface area contributed by atoms with Crippen molar-refractivity contribution in [1.82, 2.24) is 0 Å². The maximum absolute atomic E-state index is 12.0. The minimum atomic E-state index is -0.285. The lowest BCUT2D eigenvalue weighted by atomic mass is 9.85. The first-order chi connectivity index (χ1) is 41.2. The summed E-state index contributed by atoms with van der Waals surface area (Å²) in [6.45, 7) is 42.2. The Bertz CT molecular complexity index is 2520. The van der Waals surface area contributed by atoms with Crippen molar-refractivity contribution in [2.24, 2.45) is 53.3 Å². The molecule has 6 nitrogen and oxygen atoms in total. The van der Waals surface area contributed by atoms with Crippen LogP contribution in [0.15, 0.2) is 24.3 Å². The highest BCUT2D eigenvalue weighted by Crippen LogP contribution is 2.54. The Hall–Kier alpha value is -3.54. The van der Waals surface area contributed by atoms with Crippen LogP contribution in [-0.4, -0.2) is 21.9 Å². The molecule has 0 fully saturated rings. The van der Waals surface area contributed by atoms with Crippen LogP contribution in [0.5, 0.6) is 46.0 Å². The van der Waals surface area contributed by atoms with Crippen LogP contribution in [0, 0.1) is 74.0 Å². The van der Waals surface area contributed by atoms with Crippen molar-refractivity contribution in [2.75, 3.05) is 0 Å². The number of ether oxygens (including phenoxy) is 5. The molecular weight excluding hydrogens is 1070 g/mol. The van der Waals surface area contributed by atoms with Crippen LogP contribution in [0.2, 0.25) is 0 Å². The Morgan fingerprint density at radius 3 is 1.03 bits per heavy atom. The monoisotopic (exact) mass is 1200 g/mol. The van der Waals surface area contributed by atoms with E-state index in [1.165, 1.54) is 141 Å². The van der Waals surface area contributed by atoms with Crippen LogP contribution < -0.4 is 23.7 Å². The number of phenols is 1. The Morgan fingerprint density at radius 1 is 0.368 bits per heavy atom. The van der Waals surface area contributed by atoms with Gasteiger partial charge in [0.15, 0.2) is 23.0 Å². The number of hydrogen-bond acceptors (Lipinski definition) is 6. The molecule has 3 aliphatic heterocycles. The van der Waals surface area contributed by atoms with Crippen molar-refractivity contribution in [3.8, 4) is 46.0 Å². The Labute approximate surface area is 536 Å². The van der Waals surface area contributed by atoms with Gasteiger partial charge in [0.2, 0.25) is 0 Å². The molecule has 0 spiro atoms. The number of hydrogen-bond donors (Lipinski definition) is 1. The van der Waals surface area contributed by atoms with Gasteiger partial charge in [-0.2, -0.15) is 0 Å². The molecule has 0 unspecified atom stereocenters. The highest BCUT2D eigenvalue weighted by molar-refractivity contribution is 5.65. The fourth-order valence-corrected chi connectivity index (χ4v) is 15.1. The van der Waals surface area contributed by atoms with E-state index in [1.54, 1.807) is 0 Å². The molecule has 0 aliphatic carbocycles. The second-order valence-corrected chi connectivity index (χ2v) is 32.3. The van der Waals surface area contributed by atoms with E-state index in [1.807, 2.05) is 6.07 Å². The molecule has 3 heterocycles. The summed E-state index contributed by atoms with van der Waals surface area (Å²) in [4.78, 5) is 0. The fourth-order valence-electron chi connectivity index (χ4n) is 15.1. The number of rotatable bonds is 40. The molecule has 6 rings (SSSR count). The quantitative estimate of drug-likeness (QED) is 0.0612. The third-order valence-electron chi connectivity index (χ3n) is 21.4. The summed E-state index contributed by atoms with van der Waals surface area (Å²) in [6, 6.07) is 8.25. The lowest BCUT2D eigenvalue weighted by Crippen LogP contribution is -2.37. The summed E-state index contributed by atoms with van der Waals surface area (Å²) in [5, 5.41) is 12.0. The van der Waals surface area contributed by atoms with E-state index in [2.05, 4.69) is 143 Å². The van der Waals surface area contributed by atoms with Gasteiger partial charge in [0.05, 0.1) is 0 Å². The minimum absolute atomic E-state index is 0.133. The molecular formula is C81H134O6. The third-order valence-corrected chi connectivity index (χ3v) is 21.4. The molecule has 0 saturated carbocycles. The van der Waals surface area contributed by atoms with Crippen molar-refractivity contribution in [2.45, 2.75) is 353 Å². The van der Waals surface area contributed by atoms with E-state index in [-0.39, 0.29) is 22.6 Å². The van der Waals surface area contributed by atoms with Gasteiger partial charge < -0.3 is 28.8 Å². The summed E-state index contributed by atoms with van der Waals surface area (Å²) >= 11 is 0. The van der Waals surface area contributed by atoms with Crippen LogP contribution in [0.4, 0.5) is 0 Å². The van der Waals surface area contributed by atoms with Crippen LogP contribution in [0.3, 0.4) is 0 Å². The van der Waals surface area contributed by atoms with Gasteiger partial charge in [0.1, 0.15) is 39.8 Å². The van der Waals surface area contributed by atoms with Gasteiger partial charge in [-0.15, -0.1) is 0 Å². The zero-order valence-corrected chi connectivity index (χ0v) is 59.8. The van der Waals surface area contributed by atoms with Crippen molar-refractivity contribution < 1.29 is 28.8 Å². The average Bonchev–Trinajstić information content (AvgIpc) is 0.970. The second kappa shape index (κ2) is 34.8. The standard InChI is InChI=1S/C81H134O6/c1-56(2)28-19-31-59(7)34-22-37-62(10)40-25-48-79(16)51-45-68-72(44-43-65(13)74(68)85-79)83-78-70-47-53-81(18,50-27-42-64(12)39-24-36-61(9)33-21-30-58(5)6)87-76(70)67(15)55-73(78)84-77-69-46-52-80(17,86-75(69)66(14)54-71(77)82)49-26-41-63(11)38-23-35-60(8)32-20-29-57(3)4/h43-44,54-64,82H,19-42,45-53H2,1-18H3/t59-,60-,61-,62-,63-,64-,79-,80-,81-/m1/s1. The van der Waals surface area contributed by atoms with Gasteiger partial charge >= 0.3 is 0 Å². The molecule has 3 aliphatic rings. The Kier molecular flexibility index (Phi) is 29.0. The first-order valence-electron chi connectivity index (χ1n) is 36.8. The first kappa shape index (κ1) is 72.5. The highest BCUT2D eigenvalue weighted by atomic mass is 16.5. The van der Waals surface area contributed by atoms with Crippen LogP contribution >= 0.6 is 0 Å². The Morgan fingerprint density at radius 2 is 0.667 bits per heavy atom. The highest BCUT2D eigenvalue weighted by Gasteiger charge is 2.39. The molecule has 0 bridgehead atoms. The van der Waals surface area contributed by atoms with Gasteiger partial charge in [-0.25, -0.2) is 0 Å². The SMILES string of the molecule is Cc1ccc(Oc2c(Oc3c(O)cc(C)c4c3CC[C@@](C)(CCC[C@H](C)CCC[C@H](C)CCCC(C)C)O4)cc(C)c3c2CC[C@@](C)(CCC[C@H](C)CCC[C@H](C)CCCC(C)C)O3)c2c1O[C@](C)(CCC[C@H](C)CCC[C@H](C)CCCC(C)C)CC2. The maximum Gasteiger partial charge on any atom is 0.176 e. The molecule has 1 N–H and O–H groups in total. The fraction of sp³-hybridized carbons (Fsp3) is 0.778. The normalized spacial score (nSPS) is 21.3. The van der Waals surface area contributed by atoms with Gasteiger partial charge in [-0.1, -0.05) is 224 Å². The summed E-state index contributed by atoms with van der Waals surface area (Å²) < 4.78 is 36.1. The van der Waals surface area contributed by atoms with E-state index in [0.717, 1.165) is 168 Å². The van der Waals surface area contributed by atoms with E-state index in [0.29, 0.717) is 29.1 Å². The maximum atomic E-state index is 12.0. The van der Waals surface area contributed by atoms with Crippen LogP contribution in [-0.2, 0) is 19.3 Å². The zero-order chi connectivity index (χ0) is 63.5. The lowest BCUT2D eigenvalue weighted by molar-refractivity contribution is 0.0495. The predicted molar refractivity (Wildman–Crippen MR) is 372 cm³/mol. The van der Waals surface area contributed by atoms with Gasteiger partial charge in [-0.05, 0) is 207 Å². The zero-order valence-electron chi connectivity index (χ0n) is 59.8.